The molecule has 0 atom stereocenters. The number of nitrogens with one attached hydrogen (secondary N) is 1. The van der Waals surface area contributed by atoms with Crippen molar-refractivity contribution in [3.8, 4) is 0 Å². The standard InChI is InChI=1S/C13H25NO/c1-3-12(4-2)13(15)14-10-11-8-6-5-7-9-11/h11-12H,3-10H2,1-2H3,(H,14,15). The Morgan fingerprint density at radius 2 is 1.80 bits per heavy atom. The van der Waals surface area contributed by atoms with Crippen molar-refractivity contribution < 1.29 is 4.79 Å². The number of rotatable bonds is 5. The molecule has 0 aromatic rings. The van der Waals surface area contributed by atoms with Crippen LogP contribution in [0.3, 0.4) is 0 Å². The Morgan fingerprint density at radius 1 is 1.20 bits per heavy atom. The van der Waals surface area contributed by atoms with Crippen LogP contribution in [0.1, 0.15) is 58.8 Å². The molecule has 1 amide bonds. The van der Waals surface area contributed by atoms with Gasteiger partial charge in [0.2, 0.25) is 5.91 Å². The van der Waals surface area contributed by atoms with Crippen LogP contribution in [0, 0.1) is 11.8 Å². The van der Waals surface area contributed by atoms with Gasteiger partial charge in [-0.1, -0.05) is 33.1 Å². The van der Waals surface area contributed by atoms with Crippen LogP contribution >= 0.6 is 0 Å². The van der Waals surface area contributed by atoms with Gasteiger partial charge in [0.1, 0.15) is 0 Å². The molecule has 0 spiro atoms. The average Bonchev–Trinajstić information content (AvgIpc) is 2.29. The van der Waals surface area contributed by atoms with Gasteiger partial charge in [-0.05, 0) is 31.6 Å². The minimum atomic E-state index is 0.230. The van der Waals surface area contributed by atoms with Crippen molar-refractivity contribution in [3.63, 3.8) is 0 Å². The number of hydrogen-bond donors (Lipinski definition) is 1. The van der Waals surface area contributed by atoms with Crippen LogP contribution in [0.5, 0.6) is 0 Å². The summed E-state index contributed by atoms with van der Waals surface area (Å²) < 4.78 is 0. The Bertz CT molecular complexity index is 181. The Hall–Kier alpha value is -0.530. The number of carbonyl (C=O) groups is 1. The first kappa shape index (κ1) is 12.5. The van der Waals surface area contributed by atoms with E-state index < -0.39 is 0 Å². The summed E-state index contributed by atoms with van der Waals surface area (Å²) in [5.74, 6) is 1.25. The van der Waals surface area contributed by atoms with Crippen LogP contribution < -0.4 is 5.32 Å². The van der Waals surface area contributed by atoms with Crippen molar-refractivity contribution in [1.29, 1.82) is 0 Å². The summed E-state index contributed by atoms with van der Waals surface area (Å²) in [4.78, 5) is 11.7. The van der Waals surface area contributed by atoms with E-state index in [-0.39, 0.29) is 11.8 Å². The van der Waals surface area contributed by atoms with Crippen LogP contribution in [0.4, 0.5) is 0 Å². The van der Waals surface area contributed by atoms with E-state index in [1.165, 1.54) is 32.1 Å². The molecule has 0 aliphatic heterocycles. The molecule has 0 radical (unpaired) electrons. The molecule has 0 aromatic heterocycles. The Morgan fingerprint density at radius 3 is 2.33 bits per heavy atom. The van der Waals surface area contributed by atoms with Gasteiger partial charge in [-0.25, -0.2) is 0 Å². The molecule has 1 N–H and O–H groups in total. The summed E-state index contributed by atoms with van der Waals surface area (Å²) in [6.07, 6.45) is 8.64. The highest BCUT2D eigenvalue weighted by atomic mass is 16.1. The highest BCUT2D eigenvalue weighted by Crippen LogP contribution is 2.22. The van der Waals surface area contributed by atoms with Crippen molar-refractivity contribution in [1.82, 2.24) is 5.32 Å². The summed E-state index contributed by atoms with van der Waals surface area (Å²) in [7, 11) is 0. The van der Waals surface area contributed by atoms with Crippen LogP contribution in [0.2, 0.25) is 0 Å². The average molecular weight is 211 g/mol. The van der Waals surface area contributed by atoms with Crippen LogP contribution in [0.15, 0.2) is 0 Å². The predicted molar refractivity (Wildman–Crippen MR) is 63.7 cm³/mol. The van der Waals surface area contributed by atoms with Gasteiger partial charge in [0.05, 0.1) is 0 Å². The molecular formula is C13H25NO. The molecule has 0 heterocycles. The molecule has 1 aliphatic rings. The van der Waals surface area contributed by atoms with E-state index in [9.17, 15) is 4.79 Å². The minimum absolute atomic E-state index is 0.230. The first-order chi connectivity index (χ1) is 7.27. The molecule has 15 heavy (non-hydrogen) atoms. The fourth-order valence-electron chi connectivity index (χ4n) is 2.44. The lowest BCUT2D eigenvalue weighted by atomic mass is 9.89. The van der Waals surface area contributed by atoms with E-state index in [2.05, 4.69) is 19.2 Å². The zero-order valence-corrected chi connectivity index (χ0v) is 10.2. The van der Waals surface area contributed by atoms with Gasteiger partial charge < -0.3 is 5.32 Å². The Balaban J connectivity index is 2.20. The molecule has 0 saturated heterocycles. The lowest BCUT2D eigenvalue weighted by molar-refractivity contribution is -0.125. The van der Waals surface area contributed by atoms with E-state index in [4.69, 9.17) is 0 Å². The predicted octanol–water partition coefficient (Wildman–Crippen LogP) is 3.12. The lowest BCUT2D eigenvalue weighted by Crippen LogP contribution is -2.34. The molecule has 88 valence electrons. The van der Waals surface area contributed by atoms with Gasteiger partial charge in [0, 0.05) is 12.5 Å². The number of hydrogen-bond acceptors (Lipinski definition) is 1. The van der Waals surface area contributed by atoms with E-state index in [0.29, 0.717) is 0 Å². The molecular weight excluding hydrogens is 186 g/mol. The largest absolute Gasteiger partial charge is 0.356 e. The zero-order valence-electron chi connectivity index (χ0n) is 10.2. The monoisotopic (exact) mass is 211 g/mol. The van der Waals surface area contributed by atoms with Crippen molar-refractivity contribution in [2.24, 2.45) is 11.8 Å². The van der Waals surface area contributed by atoms with Gasteiger partial charge in [-0.2, -0.15) is 0 Å². The summed E-state index contributed by atoms with van der Waals surface area (Å²) >= 11 is 0. The summed E-state index contributed by atoms with van der Waals surface area (Å²) in [6.45, 7) is 5.10. The second kappa shape index (κ2) is 6.86. The summed E-state index contributed by atoms with van der Waals surface area (Å²) in [5, 5.41) is 3.12. The molecule has 0 aromatic carbocycles. The molecule has 2 nitrogen and oxygen atoms in total. The maximum atomic E-state index is 11.7. The molecule has 0 bridgehead atoms. The third-order valence-corrected chi connectivity index (χ3v) is 3.65. The van der Waals surface area contributed by atoms with Crippen molar-refractivity contribution in [2.45, 2.75) is 58.8 Å². The number of carbonyl (C=O) groups excluding carboxylic acids is 1. The first-order valence-corrected chi connectivity index (χ1v) is 6.55. The highest BCUT2D eigenvalue weighted by molar-refractivity contribution is 5.78. The smallest absolute Gasteiger partial charge is 0.223 e. The third-order valence-electron chi connectivity index (χ3n) is 3.65. The zero-order chi connectivity index (χ0) is 11.1. The number of amides is 1. The fourth-order valence-corrected chi connectivity index (χ4v) is 2.44. The van der Waals surface area contributed by atoms with Crippen LogP contribution in [-0.4, -0.2) is 12.5 Å². The first-order valence-electron chi connectivity index (χ1n) is 6.55. The maximum absolute atomic E-state index is 11.7. The molecule has 1 saturated carbocycles. The molecule has 2 heteroatoms. The highest BCUT2D eigenvalue weighted by Gasteiger charge is 2.17. The van der Waals surface area contributed by atoms with Gasteiger partial charge in [0.15, 0.2) is 0 Å². The summed E-state index contributed by atoms with van der Waals surface area (Å²) in [5.41, 5.74) is 0. The molecule has 1 rings (SSSR count). The summed E-state index contributed by atoms with van der Waals surface area (Å²) in [6, 6.07) is 0. The van der Waals surface area contributed by atoms with E-state index in [0.717, 1.165) is 25.3 Å². The molecule has 1 aliphatic carbocycles. The molecule has 1 fully saturated rings. The topological polar surface area (TPSA) is 29.1 Å². The van der Waals surface area contributed by atoms with Gasteiger partial charge in [-0.3, -0.25) is 4.79 Å². The third kappa shape index (κ3) is 4.23. The second-order valence-corrected chi connectivity index (χ2v) is 4.76. The minimum Gasteiger partial charge on any atom is -0.356 e. The van der Waals surface area contributed by atoms with Gasteiger partial charge in [0.25, 0.3) is 0 Å². The van der Waals surface area contributed by atoms with E-state index in [1.807, 2.05) is 0 Å². The quantitative estimate of drug-likeness (QED) is 0.743. The van der Waals surface area contributed by atoms with Crippen molar-refractivity contribution >= 4 is 5.91 Å². The van der Waals surface area contributed by atoms with Crippen LogP contribution in [-0.2, 0) is 4.79 Å². The van der Waals surface area contributed by atoms with Crippen molar-refractivity contribution in [3.05, 3.63) is 0 Å². The van der Waals surface area contributed by atoms with Gasteiger partial charge in [-0.15, -0.1) is 0 Å². The maximum Gasteiger partial charge on any atom is 0.223 e. The van der Waals surface area contributed by atoms with Gasteiger partial charge >= 0.3 is 0 Å². The normalized spacial score (nSPS) is 18.1. The fraction of sp³-hybridized carbons (Fsp3) is 0.923. The second-order valence-electron chi connectivity index (χ2n) is 4.76. The van der Waals surface area contributed by atoms with E-state index in [1.54, 1.807) is 0 Å². The van der Waals surface area contributed by atoms with Crippen LogP contribution in [0.25, 0.3) is 0 Å². The van der Waals surface area contributed by atoms with Crippen molar-refractivity contribution in [2.75, 3.05) is 6.54 Å². The van der Waals surface area contributed by atoms with E-state index >= 15 is 0 Å². The SMILES string of the molecule is CCC(CC)C(=O)NCC1CCCCC1. The lowest BCUT2D eigenvalue weighted by Gasteiger charge is -2.22. The Labute approximate surface area is 93.8 Å². The Kier molecular flexibility index (Phi) is 5.74. The molecule has 0 unspecified atom stereocenters.